The smallest absolute Gasteiger partial charge is 0.201 e. The van der Waals surface area contributed by atoms with Crippen LogP contribution >= 0.6 is 0 Å². The second kappa shape index (κ2) is 11.6. The SMILES string of the molecule is CCCC=CC1CCC(c2ccc(-c3ccc(-c4ccc(OCC)c(F)c4F)cc3)c(F)c2)CC1. The van der Waals surface area contributed by atoms with E-state index in [1.807, 2.05) is 12.1 Å². The summed E-state index contributed by atoms with van der Waals surface area (Å²) in [5, 5.41) is 0. The predicted molar refractivity (Wildman–Crippen MR) is 137 cm³/mol. The van der Waals surface area contributed by atoms with Crippen molar-refractivity contribution in [2.75, 3.05) is 6.61 Å². The monoisotopic (exact) mass is 478 g/mol. The lowest BCUT2D eigenvalue weighted by Gasteiger charge is -2.27. The van der Waals surface area contributed by atoms with Gasteiger partial charge < -0.3 is 4.74 Å². The molecule has 184 valence electrons. The normalized spacial score (nSPS) is 18.2. The maximum atomic E-state index is 15.1. The summed E-state index contributed by atoms with van der Waals surface area (Å²) in [6.45, 7) is 4.16. The fourth-order valence-corrected chi connectivity index (χ4v) is 4.97. The average Bonchev–Trinajstić information content (AvgIpc) is 2.88. The molecule has 3 aromatic carbocycles. The van der Waals surface area contributed by atoms with E-state index in [9.17, 15) is 8.78 Å². The van der Waals surface area contributed by atoms with E-state index in [0.29, 0.717) is 28.5 Å². The molecule has 0 amide bonds. The molecule has 1 nitrogen and oxygen atoms in total. The Balaban J connectivity index is 1.47. The van der Waals surface area contributed by atoms with Gasteiger partial charge >= 0.3 is 0 Å². The summed E-state index contributed by atoms with van der Waals surface area (Å²) in [5.41, 5.74) is 2.94. The van der Waals surface area contributed by atoms with Gasteiger partial charge in [0.25, 0.3) is 0 Å². The standard InChI is InChI=1S/C31H33F3O/c1-3-5-6-7-21-8-10-22(11-9-21)25-16-17-26(28(32)20-25)23-12-14-24(15-13-23)27-18-19-29(35-4-2)31(34)30(27)33/h6-7,12-22H,3-5,8-11H2,1-2H3. The number of unbranched alkanes of at least 4 members (excludes halogenated alkanes) is 1. The summed E-state index contributed by atoms with van der Waals surface area (Å²) in [4.78, 5) is 0. The Morgan fingerprint density at radius 3 is 2.09 bits per heavy atom. The van der Waals surface area contributed by atoms with E-state index in [1.165, 1.54) is 18.6 Å². The van der Waals surface area contributed by atoms with Crippen LogP contribution in [-0.2, 0) is 0 Å². The third-order valence-corrected chi connectivity index (χ3v) is 6.95. The quantitative estimate of drug-likeness (QED) is 0.293. The molecule has 0 N–H and O–H groups in total. The zero-order chi connectivity index (χ0) is 24.8. The van der Waals surface area contributed by atoms with Crippen molar-refractivity contribution >= 4 is 0 Å². The minimum Gasteiger partial charge on any atom is -0.491 e. The van der Waals surface area contributed by atoms with Gasteiger partial charge in [-0.25, -0.2) is 8.78 Å². The van der Waals surface area contributed by atoms with Crippen molar-refractivity contribution in [2.24, 2.45) is 5.92 Å². The van der Waals surface area contributed by atoms with Gasteiger partial charge in [0.15, 0.2) is 11.6 Å². The Hall–Kier alpha value is -3.01. The van der Waals surface area contributed by atoms with Gasteiger partial charge in [-0.05, 0) is 85.8 Å². The van der Waals surface area contributed by atoms with Crippen LogP contribution in [0.25, 0.3) is 22.3 Å². The Labute approximate surface area is 206 Å². The summed E-state index contributed by atoms with van der Waals surface area (Å²) in [6, 6.07) is 15.3. The highest BCUT2D eigenvalue weighted by Crippen LogP contribution is 2.38. The highest BCUT2D eigenvalue weighted by molar-refractivity contribution is 5.71. The Bertz CT molecular complexity index is 1160. The van der Waals surface area contributed by atoms with Gasteiger partial charge in [0, 0.05) is 11.1 Å². The number of ether oxygens (including phenoxy) is 1. The second-order valence-corrected chi connectivity index (χ2v) is 9.32. The lowest BCUT2D eigenvalue weighted by Crippen LogP contribution is -2.12. The number of benzene rings is 3. The van der Waals surface area contributed by atoms with E-state index >= 15 is 4.39 Å². The van der Waals surface area contributed by atoms with Gasteiger partial charge in [-0.15, -0.1) is 0 Å². The summed E-state index contributed by atoms with van der Waals surface area (Å²) in [6.07, 6.45) is 11.4. The lowest BCUT2D eigenvalue weighted by atomic mass is 9.78. The van der Waals surface area contributed by atoms with Crippen LogP contribution in [0.4, 0.5) is 13.2 Å². The third-order valence-electron chi connectivity index (χ3n) is 6.95. The highest BCUT2D eigenvalue weighted by atomic mass is 19.2. The molecule has 35 heavy (non-hydrogen) atoms. The Morgan fingerprint density at radius 2 is 1.46 bits per heavy atom. The molecule has 4 heteroatoms. The molecule has 1 fully saturated rings. The van der Waals surface area contributed by atoms with Gasteiger partial charge in [-0.2, -0.15) is 4.39 Å². The van der Waals surface area contributed by atoms with Gasteiger partial charge in [0.05, 0.1) is 6.61 Å². The van der Waals surface area contributed by atoms with Crippen LogP contribution in [0, 0.1) is 23.4 Å². The fraction of sp³-hybridized carbons (Fsp3) is 0.355. The van der Waals surface area contributed by atoms with Crippen LogP contribution in [0.1, 0.15) is 63.9 Å². The molecular weight excluding hydrogens is 445 g/mol. The molecular formula is C31H33F3O. The van der Waals surface area contributed by atoms with Crippen molar-refractivity contribution in [3.8, 4) is 28.0 Å². The zero-order valence-corrected chi connectivity index (χ0v) is 20.5. The minimum atomic E-state index is -0.999. The zero-order valence-electron chi connectivity index (χ0n) is 20.5. The fourth-order valence-electron chi connectivity index (χ4n) is 4.97. The predicted octanol–water partition coefficient (Wildman–Crippen LogP) is 9.47. The van der Waals surface area contributed by atoms with Gasteiger partial charge in [-0.1, -0.05) is 61.9 Å². The molecule has 0 heterocycles. The number of allylic oxidation sites excluding steroid dienone is 2. The Morgan fingerprint density at radius 1 is 0.800 bits per heavy atom. The third kappa shape index (κ3) is 5.80. The highest BCUT2D eigenvalue weighted by Gasteiger charge is 2.22. The van der Waals surface area contributed by atoms with E-state index in [0.717, 1.165) is 37.7 Å². The summed E-state index contributed by atoms with van der Waals surface area (Å²) >= 11 is 0. The molecule has 4 rings (SSSR count). The lowest BCUT2D eigenvalue weighted by molar-refractivity contribution is 0.314. The van der Waals surface area contributed by atoms with Gasteiger partial charge in [0.2, 0.25) is 5.82 Å². The van der Waals surface area contributed by atoms with Crippen LogP contribution in [0.3, 0.4) is 0 Å². The maximum absolute atomic E-state index is 15.1. The number of hydrogen-bond acceptors (Lipinski definition) is 1. The van der Waals surface area contributed by atoms with E-state index in [4.69, 9.17) is 4.74 Å². The summed E-state index contributed by atoms with van der Waals surface area (Å²) in [7, 11) is 0. The molecule has 1 aliphatic rings. The minimum absolute atomic E-state index is 0.103. The van der Waals surface area contributed by atoms with Crippen molar-refractivity contribution < 1.29 is 17.9 Å². The van der Waals surface area contributed by atoms with E-state index < -0.39 is 11.6 Å². The van der Waals surface area contributed by atoms with Gasteiger partial charge in [0.1, 0.15) is 5.82 Å². The van der Waals surface area contributed by atoms with Crippen molar-refractivity contribution in [1.82, 2.24) is 0 Å². The first-order valence-electron chi connectivity index (χ1n) is 12.7. The van der Waals surface area contributed by atoms with Gasteiger partial charge in [-0.3, -0.25) is 0 Å². The van der Waals surface area contributed by atoms with Crippen molar-refractivity contribution in [3.63, 3.8) is 0 Å². The molecule has 0 radical (unpaired) electrons. The first-order chi connectivity index (χ1) is 17.0. The topological polar surface area (TPSA) is 9.23 Å². The van der Waals surface area contributed by atoms with Crippen molar-refractivity contribution in [1.29, 1.82) is 0 Å². The summed E-state index contributed by atoms with van der Waals surface area (Å²) < 4.78 is 49.0. The molecule has 1 saturated carbocycles. The first kappa shape index (κ1) is 25.1. The van der Waals surface area contributed by atoms with E-state index in [1.54, 1.807) is 37.3 Å². The molecule has 0 aliphatic heterocycles. The van der Waals surface area contributed by atoms with E-state index in [2.05, 4.69) is 19.1 Å². The molecule has 0 atom stereocenters. The Kier molecular flexibility index (Phi) is 8.33. The average molecular weight is 479 g/mol. The number of hydrogen-bond donors (Lipinski definition) is 0. The van der Waals surface area contributed by atoms with Crippen LogP contribution in [-0.4, -0.2) is 6.61 Å². The number of halogens is 3. The summed E-state index contributed by atoms with van der Waals surface area (Å²) in [5.74, 6) is -1.26. The maximum Gasteiger partial charge on any atom is 0.201 e. The second-order valence-electron chi connectivity index (χ2n) is 9.32. The molecule has 0 spiro atoms. The van der Waals surface area contributed by atoms with E-state index in [-0.39, 0.29) is 23.7 Å². The van der Waals surface area contributed by atoms with Crippen molar-refractivity contribution in [2.45, 2.75) is 58.3 Å². The molecule has 3 aromatic rings. The molecule has 1 aliphatic carbocycles. The van der Waals surface area contributed by atoms with Crippen LogP contribution in [0.5, 0.6) is 5.75 Å². The molecule has 0 saturated heterocycles. The largest absolute Gasteiger partial charge is 0.491 e. The van der Waals surface area contributed by atoms with Crippen LogP contribution in [0.15, 0.2) is 66.7 Å². The molecule has 0 aromatic heterocycles. The first-order valence-corrected chi connectivity index (χ1v) is 12.7. The number of rotatable bonds is 8. The molecule has 0 unspecified atom stereocenters. The van der Waals surface area contributed by atoms with Crippen LogP contribution < -0.4 is 4.74 Å². The van der Waals surface area contributed by atoms with Crippen molar-refractivity contribution in [3.05, 3.63) is 89.8 Å². The van der Waals surface area contributed by atoms with Crippen LogP contribution in [0.2, 0.25) is 0 Å². The molecule has 0 bridgehead atoms.